The van der Waals surface area contributed by atoms with Crippen LogP contribution >= 0.6 is 11.5 Å². The van der Waals surface area contributed by atoms with E-state index in [4.69, 9.17) is 4.79 Å². The fourth-order valence-corrected chi connectivity index (χ4v) is 2.95. The average Bonchev–Trinajstić information content (AvgIpc) is 3.26. The fraction of sp³-hybridized carbons (Fsp3) is 0.0588. The summed E-state index contributed by atoms with van der Waals surface area (Å²) in [6, 6.07) is 12.5. The van der Waals surface area contributed by atoms with E-state index in [-0.39, 0.29) is 0 Å². The molecule has 0 spiro atoms. The van der Waals surface area contributed by atoms with Crippen molar-refractivity contribution in [3.63, 3.8) is 0 Å². The number of aromatic nitrogens is 4. The highest BCUT2D eigenvalue weighted by molar-refractivity contribution is 7.09. The number of nitrogens with zero attached hydrogens (tertiary/aromatic N) is 4. The molecule has 0 saturated carbocycles. The standard InChI is InChI=1S/C16H12N4S.CH2O/c1-11-3-2-4-12(7-11)14-9-17-15-8-13(5-6-20(14)15)16-18-10-19-21-16;1-2/h2-10H,1H3;1H2. The quantitative estimate of drug-likeness (QED) is 0.565. The summed E-state index contributed by atoms with van der Waals surface area (Å²) >= 11 is 1.39. The maximum Gasteiger partial charge on any atom is 0.143 e. The second kappa shape index (κ2) is 6.50. The van der Waals surface area contributed by atoms with E-state index in [9.17, 15) is 0 Å². The van der Waals surface area contributed by atoms with Crippen LogP contribution < -0.4 is 0 Å². The second-order valence-electron chi connectivity index (χ2n) is 4.90. The third kappa shape index (κ3) is 2.89. The first kappa shape index (κ1) is 15.1. The lowest BCUT2D eigenvalue weighted by Crippen LogP contribution is -1.89. The van der Waals surface area contributed by atoms with Crippen LogP contribution in [0.2, 0.25) is 0 Å². The van der Waals surface area contributed by atoms with Crippen LogP contribution in [0.25, 0.3) is 27.5 Å². The Bertz CT molecular complexity index is 931. The van der Waals surface area contributed by atoms with Crippen molar-refractivity contribution in [2.24, 2.45) is 0 Å². The maximum absolute atomic E-state index is 8.00. The first-order chi connectivity index (χ1) is 11.3. The number of hydrogen-bond donors (Lipinski definition) is 0. The second-order valence-corrected chi connectivity index (χ2v) is 5.68. The fourth-order valence-electron chi connectivity index (χ4n) is 2.43. The summed E-state index contributed by atoms with van der Waals surface area (Å²) in [4.78, 5) is 16.8. The summed E-state index contributed by atoms with van der Waals surface area (Å²) in [7, 11) is 0. The van der Waals surface area contributed by atoms with E-state index in [0.29, 0.717) is 0 Å². The van der Waals surface area contributed by atoms with Gasteiger partial charge in [0, 0.05) is 17.3 Å². The summed E-state index contributed by atoms with van der Waals surface area (Å²) in [6.07, 6.45) is 5.53. The first-order valence-electron chi connectivity index (χ1n) is 6.91. The van der Waals surface area contributed by atoms with Gasteiger partial charge in [0.05, 0.1) is 11.9 Å². The van der Waals surface area contributed by atoms with Gasteiger partial charge in [0.2, 0.25) is 0 Å². The zero-order valence-corrected chi connectivity index (χ0v) is 13.3. The molecule has 0 aliphatic rings. The third-order valence-electron chi connectivity index (χ3n) is 3.44. The van der Waals surface area contributed by atoms with E-state index in [1.807, 2.05) is 25.2 Å². The van der Waals surface area contributed by atoms with Gasteiger partial charge in [-0.25, -0.2) is 9.97 Å². The molecule has 0 fully saturated rings. The molecule has 3 aromatic heterocycles. The Morgan fingerprint density at radius 1 is 1.09 bits per heavy atom. The van der Waals surface area contributed by atoms with Gasteiger partial charge in [0.25, 0.3) is 0 Å². The number of fused-ring (bicyclic) bond motifs is 1. The van der Waals surface area contributed by atoms with Crippen LogP contribution in [0, 0.1) is 6.92 Å². The highest BCUT2D eigenvalue weighted by Crippen LogP contribution is 2.25. The number of aryl methyl sites for hydroxylation is 1. The van der Waals surface area contributed by atoms with Gasteiger partial charge >= 0.3 is 0 Å². The number of carbonyl (C=O) groups is 1. The lowest BCUT2D eigenvalue weighted by Gasteiger charge is -2.04. The minimum atomic E-state index is 0.914. The molecule has 0 unspecified atom stereocenters. The van der Waals surface area contributed by atoms with Crippen LogP contribution in [0.15, 0.2) is 55.1 Å². The summed E-state index contributed by atoms with van der Waals surface area (Å²) in [5.41, 5.74) is 5.47. The van der Waals surface area contributed by atoms with Crippen molar-refractivity contribution in [1.29, 1.82) is 0 Å². The summed E-state index contributed by atoms with van der Waals surface area (Å²) in [5.74, 6) is 0. The average molecular weight is 322 g/mol. The van der Waals surface area contributed by atoms with Gasteiger partial charge in [-0.2, -0.15) is 4.37 Å². The summed E-state index contributed by atoms with van der Waals surface area (Å²) in [5, 5.41) is 0.914. The number of imidazole rings is 1. The van der Waals surface area contributed by atoms with Crippen LogP contribution in [0.4, 0.5) is 0 Å². The molecule has 0 saturated heterocycles. The molecule has 114 valence electrons. The SMILES string of the molecule is C=O.Cc1cccc(-c2cnc3cc(-c4ncns4)ccn23)c1. The summed E-state index contributed by atoms with van der Waals surface area (Å²) in [6.45, 7) is 4.10. The van der Waals surface area contributed by atoms with E-state index in [0.717, 1.165) is 21.9 Å². The number of benzene rings is 1. The van der Waals surface area contributed by atoms with Crippen molar-refractivity contribution >= 4 is 24.0 Å². The molecule has 1 aromatic carbocycles. The first-order valence-corrected chi connectivity index (χ1v) is 7.69. The molecule has 6 heteroatoms. The Balaban J connectivity index is 0.000000753. The van der Waals surface area contributed by atoms with E-state index in [1.165, 1.54) is 22.7 Å². The van der Waals surface area contributed by atoms with Crippen molar-refractivity contribution < 1.29 is 4.79 Å². The highest BCUT2D eigenvalue weighted by Gasteiger charge is 2.08. The number of hydrogen-bond acceptors (Lipinski definition) is 5. The normalized spacial score (nSPS) is 10.3. The highest BCUT2D eigenvalue weighted by atomic mass is 32.1. The van der Waals surface area contributed by atoms with Gasteiger partial charge in [-0.3, -0.25) is 4.40 Å². The number of rotatable bonds is 2. The van der Waals surface area contributed by atoms with Crippen molar-refractivity contribution in [2.75, 3.05) is 0 Å². The molecule has 4 rings (SSSR count). The molecule has 0 radical (unpaired) electrons. The smallest absolute Gasteiger partial charge is 0.143 e. The predicted molar refractivity (Wildman–Crippen MR) is 91.4 cm³/mol. The molecule has 0 N–H and O–H groups in total. The molecule has 0 aliphatic carbocycles. The molecule has 0 amide bonds. The van der Waals surface area contributed by atoms with Crippen molar-refractivity contribution in [3.05, 3.63) is 60.7 Å². The Labute approximate surface area is 137 Å². The molecule has 5 nitrogen and oxygen atoms in total. The van der Waals surface area contributed by atoms with Crippen LogP contribution in [-0.4, -0.2) is 25.5 Å². The van der Waals surface area contributed by atoms with Crippen molar-refractivity contribution in [2.45, 2.75) is 6.92 Å². The van der Waals surface area contributed by atoms with Crippen LogP contribution in [0.3, 0.4) is 0 Å². The topological polar surface area (TPSA) is 60.2 Å². The van der Waals surface area contributed by atoms with Gasteiger partial charge < -0.3 is 4.79 Å². The zero-order valence-electron chi connectivity index (χ0n) is 12.5. The van der Waals surface area contributed by atoms with E-state index in [2.05, 4.69) is 56.0 Å². The van der Waals surface area contributed by atoms with Gasteiger partial charge in [-0.1, -0.05) is 23.8 Å². The minimum absolute atomic E-state index is 0.914. The lowest BCUT2D eigenvalue weighted by molar-refractivity contribution is -0.0979. The number of pyridine rings is 1. The largest absolute Gasteiger partial charge is 0.307 e. The van der Waals surface area contributed by atoms with Crippen LogP contribution in [-0.2, 0) is 4.79 Å². The monoisotopic (exact) mass is 322 g/mol. The lowest BCUT2D eigenvalue weighted by atomic mass is 10.1. The Kier molecular flexibility index (Phi) is 4.25. The maximum atomic E-state index is 8.00. The van der Waals surface area contributed by atoms with E-state index in [1.54, 1.807) is 6.33 Å². The van der Waals surface area contributed by atoms with Gasteiger partial charge in [-0.15, -0.1) is 0 Å². The molecular weight excluding hydrogens is 308 g/mol. The molecule has 0 aliphatic heterocycles. The molecule has 4 aromatic rings. The molecule has 0 bridgehead atoms. The van der Waals surface area contributed by atoms with E-state index < -0.39 is 0 Å². The third-order valence-corrected chi connectivity index (χ3v) is 4.15. The van der Waals surface area contributed by atoms with Gasteiger partial charge in [-0.05, 0) is 36.7 Å². The number of carbonyl (C=O) groups excluding carboxylic acids is 1. The van der Waals surface area contributed by atoms with Crippen molar-refractivity contribution in [3.8, 4) is 21.8 Å². The molecule has 23 heavy (non-hydrogen) atoms. The Hall–Kier alpha value is -2.86. The Morgan fingerprint density at radius 3 is 2.70 bits per heavy atom. The van der Waals surface area contributed by atoms with Gasteiger partial charge in [0.1, 0.15) is 23.8 Å². The zero-order chi connectivity index (χ0) is 16.2. The van der Waals surface area contributed by atoms with Crippen LogP contribution in [0.5, 0.6) is 0 Å². The molecule has 0 atom stereocenters. The molecule has 3 heterocycles. The van der Waals surface area contributed by atoms with Gasteiger partial charge in [0.15, 0.2) is 0 Å². The summed E-state index contributed by atoms with van der Waals surface area (Å²) < 4.78 is 6.14. The molecular formula is C17H14N4OS. The van der Waals surface area contributed by atoms with E-state index >= 15 is 0 Å². The van der Waals surface area contributed by atoms with Crippen LogP contribution in [0.1, 0.15) is 5.56 Å². The predicted octanol–water partition coefficient (Wildman–Crippen LogP) is 3.64. The Morgan fingerprint density at radius 2 is 1.96 bits per heavy atom. The minimum Gasteiger partial charge on any atom is -0.307 e. The van der Waals surface area contributed by atoms with Crippen molar-refractivity contribution in [1.82, 2.24) is 18.7 Å².